The number of fused-ring (bicyclic) bond motifs is 1. The van der Waals surface area contributed by atoms with E-state index in [0.29, 0.717) is 11.3 Å². The van der Waals surface area contributed by atoms with E-state index in [1.165, 1.54) is 0 Å². The van der Waals surface area contributed by atoms with Crippen molar-refractivity contribution in [3.63, 3.8) is 0 Å². The van der Waals surface area contributed by atoms with Gasteiger partial charge < -0.3 is 4.42 Å². The van der Waals surface area contributed by atoms with Gasteiger partial charge in [-0.2, -0.15) is 0 Å². The smallest absolute Gasteiger partial charge is 0.163 e. The molecule has 0 saturated carbocycles. The average Bonchev–Trinajstić information content (AvgIpc) is 3.03. The van der Waals surface area contributed by atoms with Crippen molar-refractivity contribution >= 4 is 33.4 Å². The number of furan rings is 1. The summed E-state index contributed by atoms with van der Waals surface area (Å²) >= 11 is 1.60. The van der Waals surface area contributed by atoms with Crippen molar-refractivity contribution < 1.29 is 9.21 Å². The highest BCUT2D eigenvalue weighted by Crippen LogP contribution is 2.31. The van der Waals surface area contributed by atoms with Crippen LogP contribution in [0.15, 0.2) is 46.4 Å². The highest BCUT2D eigenvalue weighted by Gasteiger charge is 2.10. The molecule has 0 fully saturated rings. The molecular weight excluding hydrogens is 270 g/mol. The van der Waals surface area contributed by atoms with Crippen molar-refractivity contribution in [2.75, 3.05) is 0 Å². The lowest BCUT2D eigenvalue weighted by atomic mass is 10.2. The minimum absolute atomic E-state index is 0.0444. The van der Waals surface area contributed by atoms with E-state index >= 15 is 0 Å². The molecule has 0 aliphatic heterocycles. The summed E-state index contributed by atoms with van der Waals surface area (Å²) in [5.41, 5.74) is 1.65. The van der Waals surface area contributed by atoms with Crippen LogP contribution in [0.25, 0.3) is 27.1 Å². The number of aromatic nitrogens is 1. The van der Waals surface area contributed by atoms with Gasteiger partial charge in [0.15, 0.2) is 16.6 Å². The van der Waals surface area contributed by atoms with E-state index in [0.717, 1.165) is 21.0 Å². The van der Waals surface area contributed by atoms with Crippen LogP contribution in [-0.2, 0) is 4.79 Å². The molecule has 0 spiro atoms. The molecule has 3 aromatic rings. The number of Topliss-reactive ketones (excluding diaryl/α,β-unsaturated/α-hetero) is 1. The zero-order valence-corrected chi connectivity index (χ0v) is 12.0. The van der Waals surface area contributed by atoms with Gasteiger partial charge in [0.05, 0.1) is 10.2 Å². The van der Waals surface area contributed by atoms with Crippen molar-refractivity contribution in [3.8, 4) is 10.8 Å². The summed E-state index contributed by atoms with van der Waals surface area (Å²) in [6.45, 7) is 3.32. The van der Waals surface area contributed by atoms with E-state index in [2.05, 4.69) is 4.98 Å². The molecule has 0 saturated heterocycles. The molecule has 0 amide bonds. The molecule has 3 rings (SSSR count). The van der Waals surface area contributed by atoms with E-state index in [1.54, 1.807) is 31.3 Å². The summed E-state index contributed by atoms with van der Waals surface area (Å²) in [5.74, 6) is 1.45. The molecule has 1 aromatic carbocycles. The molecular formula is C16H13NO2S. The van der Waals surface area contributed by atoms with E-state index in [4.69, 9.17) is 4.42 Å². The Morgan fingerprint density at radius 3 is 2.75 bits per heavy atom. The first kappa shape index (κ1) is 12.8. The maximum absolute atomic E-state index is 11.2. The number of nitrogens with zero attached hydrogens (tertiary/aromatic N) is 1. The Hall–Kier alpha value is -2.20. The van der Waals surface area contributed by atoms with Gasteiger partial charge >= 0.3 is 0 Å². The zero-order valence-electron chi connectivity index (χ0n) is 11.2. The first-order valence-corrected chi connectivity index (χ1v) is 7.10. The molecule has 0 atom stereocenters. The van der Waals surface area contributed by atoms with Crippen LogP contribution in [0.4, 0.5) is 0 Å². The fourth-order valence-electron chi connectivity index (χ4n) is 1.84. The van der Waals surface area contributed by atoms with E-state index < -0.39 is 0 Å². The highest BCUT2D eigenvalue weighted by molar-refractivity contribution is 7.21. The lowest BCUT2D eigenvalue weighted by Gasteiger charge is -1.92. The van der Waals surface area contributed by atoms with Gasteiger partial charge in [0, 0.05) is 0 Å². The number of benzene rings is 1. The first-order chi connectivity index (χ1) is 9.63. The minimum atomic E-state index is 0.0444. The van der Waals surface area contributed by atoms with Crippen LogP contribution in [0, 0.1) is 0 Å². The number of ketones is 1. The van der Waals surface area contributed by atoms with E-state index in [1.807, 2.05) is 36.4 Å². The van der Waals surface area contributed by atoms with Crippen LogP contribution in [0.3, 0.4) is 0 Å². The second-order valence-electron chi connectivity index (χ2n) is 4.57. The second-order valence-corrected chi connectivity index (χ2v) is 5.60. The highest BCUT2D eigenvalue weighted by atomic mass is 32.1. The fraction of sp³-hybridized carbons (Fsp3) is 0.125. The summed E-state index contributed by atoms with van der Waals surface area (Å²) < 4.78 is 6.87. The van der Waals surface area contributed by atoms with Crippen LogP contribution >= 0.6 is 11.3 Å². The number of allylic oxidation sites excluding steroid dienone is 1. The number of hydrogen-bond acceptors (Lipinski definition) is 4. The third-order valence-electron chi connectivity index (χ3n) is 3.05. The average molecular weight is 283 g/mol. The monoisotopic (exact) mass is 283 g/mol. The maximum atomic E-state index is 11.2. The van der Waals surface area contributed by atoms with Crippen molar-refractivity contribution in [3.05, 3.63) is 47.7 Å². The third-order valence-corrected chi connectivity index (χ3v) is 4.10. The summed E-state index contributed by atoms with van der Waals surface area (Å²) in [7, 11) is 0. The molecule has 0 unspecified atom stereocenters. The molecule has 0 aliphatic rings. The number of rotatable bonds is 3. The molecule has 100 valence electrons. The molecule has 0 aliphatic carbocycles. The van der Waals surface area contributed by atoms with E-state index in [9.17, 15) is 4.79 Å². The molecule has 2 heterocycles. The largest absolute Gasteiger partial charge is 0.454 e. The first-order valence-electron chi connectivity index (χ1n) is 6.28. The summed E-state index contributed by atoms with van der Waals surface area (Å²) in [5, 5.41) is 0.853. The lowest BCUT2D eigenvalue weighted by molar-refractivity contribution is -0.113. The Morgan fingerprint density at radius 1 is 1.20 bits per heavy atom. The normalized spacial score (nSPS) is 12.0. The molecule has 20 heavy (non-hydrogen) atoms. The Morgan fingerprint density at radius 2 is 2.00 bits per heavy atom. The predicted octanol–water partition coefficient (Wildman–Crippen LogP) is 4.55. The lowest BCUT2D eigenvalue weighted by Crippen LogP contribution is -1.89. The van der Waals surface area contributed by atoms with Crippen LogP contribution in [0.2, 0.25) is 0 Å². The van der Waals surface area contributed by atoms with Gasteiger partial charge in [-0.15, -0.1) is 11.3 Å². The number of para-hydroxylation sites is 1. The number of carbonyl (C=O) groups excluding carboxylic acids is 1. The van der Waals surface area contributed by atoms with Gasteiger partial charge in [-0.25, -0.2) is 4.98 Å². The van der Waals surface area contributed by atoms with Crippen LogP contribution in [0.5, 0.6) is 0 Å². The van der Waals surface area contributed by atoms with Crippen molar-refractivity contribution in [2.45, 2.75) is 13.8 Å². The zero-order chi connectivity index (χ0) is 14.1. The maximum Gasteiger partial charge on any atom is 0.163 e. The number of thiazole rings is 1. The SMILES string of the molecule is CC(=O)/C(C)=C/c1ccc(-c2nc3ccccc3s2)o1. The Balaban J connectivity index is 1.97. The topological polar surface area (TPSA) is 43.1 Å². The fourth-order valence-corrected chi connectivity index (χ4v) is 2.77. The van der Waals surface area contributed by atoms with Gasteiger partial charge in [0.25, 0.3) is 0 Å². The molecule has 2 aromatic heterocycles. The molecule has 0 N–H and O–H groups in total. The second kappa shape index (κ2) is 5.06. The third kappa shape index (κ3) is 2.42. The van der Waals surface area contributed by atoms with Crippen molar-refractivity contribution in [1.29, 1.82) is 0 Å². The van der Waals surface area contributed by atoms with Crippen LogP contribution < -0.4 is 0 Å². The van der Waals surface area contributed by atoms with Crippen LogP contribution in [0.1, 0.15) is 19.6 Å². The van der Waals surface area contributed by atoms with Gasteiger partial charge in [-0.05, 0) is 49.8 Å². The summed E-state index contributed by atoms with van der Waals surface area (Å²) in [6.07, 6.45) is 1.75. The quantitative estimate of drug-likeness (QED) is 0.662. The van der Waals surface area contributed by atoms with Gasteiger partial charge in [-0.1, -0.05) is 12.1 Å². The number of hydrogen-bond donors (Lipinski definition) is 0. The number of carbonyl (C=O) groups is 1. The van der Waals surface area contributed by atoms with Gasteiger partial charge in [-0.3, -0.25) is 4.79 Å². The van der Waals surface area contributed by atoms with Crippen molar-refractivity contribution in [2.24, 2.45) is 0 Å². The Kier molecular flexibility index (Phi) is 3.24. The van der Waals surface area contributed by atoms with E-state index in [-0.39, 0.29) is 5.78 Å². The Bertz CT molecular complexity index is 778. The summed E-state index contributed by atoms with van der Waals surface area (Å²) in [6, 6.07) is 11.7. The molecule has 0 bridgehead atoms. The Labute approximate surface area is 120 Å². The molecule has 0 radical (unpaired) electrons. The van der Waals surface area contributed by atoms with Gasteiger partial charge in [0.1, 0.15) is 5.76 Å². The summed E-state index contributed by atoms with van der Waals surface area (Å²) in [4.78, 5) is 15.8. The standard InChI is InChI=1S/C16H13NO2S/c1-10(11(2)18)9-12-7-8-14(19-12)16-17-13-5-3-4-6-15(13)20-16/h3-9H,1-2H3/b10-9+. The van der Waals surface area contributed by atoms with Crippen molar-refractivity contribution in [1.82, 2.24) is 4.98 Å². The predicted molar refractivity (Wildman–Crippen MR) is 81.7 cm³/mol. The van der Waals surface area contributed by atoms with Gasteiger partial charge in [0.2, 0.25) is 0 Å². The van der Waals surface area contributed by atoms with Crippen LogP contribution in [-0.4, -0.2) is 10.8 Å². The molecule has 4 heteroatoms. The minimum Gasteiger partial charge on any atom is -0.454 e. The molecule has 3 nitrogen and oxygen atoms in total.